The van der Waals surface area contributed by atoms with E-state index in [1.54, 1.807) is 16.4 Å². The lowest BCUT2D eigenvalue weighted by atomic mass is 9.92. The number of carbonyl (C=O) groups excluding carboxylic acids is 1. The van der Waals surface area contributed by atoms with Crippen molar-refractivity contribution in [3.63, 3.8) is 0 Å². The van der Waals surface area contributed by atoms with Crippen LogP contribution < -0.4 is 5.32 Å². The minimum atomic E-state index is -3.39. The first-order valence-electron chi connectivity index (χ1n) is 11.4. The molecule has 30 heavy (non-hydrogen) atoms. The van der Waals surface area contributed by atoms with E-state index in [-0.39, 0.29) is 5.91 Å². The molecule has 168 valence electrons. The third kappa shape index (κ3) is 6.53. The minimum Gasteiger partial charge on any atom is -0.355 e. The van der Waals surface area contributed by atoms with Gasteiger partial charge in [0.15, 0.2) is 0 Å². The number of amides is 1. The Labute approximate surface area is 182 Å². The monoisotopic (exact) mass is 435 g/mol. The maximum absolute atomic E-state index is 12.7. The fourth-order valence-corrected chi connectivity index (χ4v) is 6.27. The summed E-state index contributed by atoms with van der Waals surface area (Å²) in [5.74, 6) is 1.51. The van der Waals surface area contributed by atoms with Crippen molar-refractivity contribution < 1.29 is 13.2 Å². The highest BCUT2D eigenvalue weighted by atomic mass is 32.2. The average Bonchev–Trinajstić information content (AvgIpc) is 2.72. The Bertz CT molecular complexity index is 778. The van der Waals surface area contributed by atoms with E-state index in [9.17, 15) is 13.2 Å². The topological polar surface area (TPSA) is 69.7 Å². The summed E-state index contributed by atoms with van der Waals surface area (Å²) in [7, 11) is -3.39. The van der Waals surface area contributed by atoms with E-state index in [2.05, 4.69) is 24.1 Å². The van der Waals surface area contributed by atoms with Crippen molar-refractivity contribution in [2.24, 2.45) is 11.8 Å². The van der Waals surface area contributed by atoms with Gasteiger partial charge in [-0.1, -0.05) is 32.4 Å². The lowest BCUT2D eigenvalue weighted by molar-refractivity contribution is -0.121. The minimum absolute atomic E-state index is 0.0538. The maximum Gasteiger partial charge on any atom is 0.243 e. The number of hydrogen-bond acceptors (Lipinski definition) is 4. The van der Waals surface area contributed by atoms with Gasteiger partial charge in [-0.25, -0.2) is 8.42 Å². The first-order valence-corrected chi connectivity index (χ1v) is 12.9. The highest BCUT2D eigenvalue weighted by Gasteiger charge is 2.25. The van der Waals surface area contributed by atoms with Crippen LogP contribution in [0.15, 0.2) is 29.2 Å². The normalized spacial score (nSPS) is 23.9. The summed E-state index contributed by atoms with van der Waals surface area (Å²) in [6.45, 7) is 9.64. The second kappa shape index (κ2) is 10.7. The van der Waals surface area contributed by atoms with Crippen LogP contribution in [0.2, 0.25) is 0 Å². The number of aryl methyl sites for hydroxylation is 1. The highest BCUT2D eigenvalue weighted by molar-refractivity contribution is 7.89. The van der Waals surface area contributed by atoms with Crippen molar-refractivity contribution >= 4 is 15.9 Å². The lowest BCUT2D eigenvalue weighted by Gasteiger charge is -2.34. The van der Waals surface area contributed by atoms with Gasteiger partial charge in [-0.2, -0.15) is 4.31 Å². The van der Waals surface area contributed by atoms with E-state index < -0.39 is 10.0 Å². The number of nitrogens with zero attached hydrogens (tertiary/aromatic N) is 2. The number of piperidine rings is 2. The van der Waals surface area contributed by atoms with Crippen molar-refractivity contribution in [1.29, 1.82) is 0 Å². The van der Waals surface area contributed by atoms with Crippen molar-refractivity contribution in [1.82, 2.24) is 14.5 Å². The number of carbonyl (C=O) groups is 1. The van der Waals surface area contributed by atoms with Crippen molar-refractivity contribution in [3.05, 3.63) is 29.8 Å². The van der Waals surface area contributed by atoms with Crippen LogP contribution in [0, 0.1) is 11.8 Å². The third-order valence-corrected chi connectivity index (χ3v) is 8.12. The molecule has 1 N–H and O–H groups in total. The van der Waals surface area contributed by atoms with Gasteiger partial charge in [0, 0.05) is 45.7 Å². The van der Waals surface area contributed by atoms with E-state index in [1.165, 1.54) is 6.42 Å². The largest absolute Gasteiger partial charge is 0.355 e. The molecule has 7 heteroatoms. The summed E-state index contributed by atoms with van der Waals surface area (Å²) >= 11 is 0. The number of benzene rings is 1. The predicted molar refractivity (Wildman–Crippen MR) is 120 cm³/mol. The van der Waals surface area contributed by atoms with Crippen LogP contribution in [-0.2, 0) is 21.2 Å². The molecule has 2 aliphatic heterocycles. The Morgan fingerprint density at radius 2 is 1.67 bits per heavy atom. The van der Waals surface area contributed by atoms with Gasteiger partial charge < -0.3 is 10.2 Å². The highest BCUT2D eigenvalue weighted by Crippen LogP contribution is 2.22. The molecule has 0 aromatic heterocycles. The Hall–Kier alpha value is -1.44. The molecule has 0 bridgehead atoms. The Balaban J connectivity index is 1.40. The molecule has 0 aliphatic carbocycles. The van der Waals surface area contributed by atoms with Gasteiger partial charge in [0.1, 0.15) is 0 Å². The van der Waals surface area contributed by atoms with E-state index in [1.807, 2.05) is 12.1 Å². The molecule has 2 unspecified atom stereocenters. The zero-order valence-electron chi connectivity index (χ0n) is 18.5. The molecule has 3 rings (SSSR count). The molecule has 2 atom stereocenters. The van der Waals surface area contributed by atoms with Crippen LogP contribution in [0.4, 0.5) is 0 Å². The summed E-state index contributed by atoms with van der Waals surface area (Å²) in [6, 6.07) is 7.02. The van der Waals surface area contributed by atoms with Gasteiger partial charge in [0.2, 0.25) is 15.9 Å². The summed E-state index contributed by atoms with van der Waals surface area (Å²) in [4.78, 5) is 15.0. The van der Waals surface area contributed by atoms with Crippen molar-refractivity contribution in [2.75, 3.05) is 39.3 Å². The molecule has 0 spiro atoms. The Morgan fingerprint density at radius 3 is 2.30 bits per heavy atom. The molecular weight excluding hydrogens is 398 g/mol. The molecule has 2 fully saturated rings. The molecule has 2 heterocycles. The smallest absolute Gasteiger partial charge is 0.243 e. The summed E-state index contributed by atoms with van der Waals surface area (Å²) < 4.78 is 27.0. The van der Waals surface area contributed by atoms with Gasteiger partial charge in [-0.3, -0.25) is 4.79 Å². The van der Waals surface area contributed by atoms with Crippen LogP contribution in [0.3, 0.4) is 0 Å². The number of sulfonamides is 1. The molecule has 6 nitrogen and oxygen atoms in total. The van der Waals surface area contributed by atoms with Crippen LogP contribution >= 0.6 is 0 Å². The van der Waals surface area contributed by atoms with E-state index in [4.69, 9.17) is 0 Å². The fourth-order valence-electron chi connectivity index (χ4n) is 4.76. The van der Waals surface area contributed by atoms with Crippen LogP contribution in [-0.4, -0.2) is 62.8 Å². The number of nitrogens with one attached hydrogen (secondary N) is 1. The second-order valence-electron chi connectivity index (χ2n) is 9.16. The summed E-state index contributed by atoms with van der Waals surface area (Å²) in [5, 5.41) is 3.03. The van der Waals surface area contributed by atoms with E-state index in [0.29, 0.717) is 37.4 Å². The fraction of sp³-hybridized carbons (Fsp3) is 0.696. The molecule has 1 amide bonds. The Morgan fingerprint density at radius 1 is 1.03 bits per heavy atom. The second-order valence-corrected chi connectivity index (χ2v) is 11.1. The van der Waals surface area contributed by atoms with Gasteiger partial charge >= 0.3 is 0 Å². The van der Waals surface area contributed by atoms with Gasteiger partial charge in [-0.05, 0) is 55.2 Å². The van der Waals surface area contributed by atoms with Crippen molar-refractivity contribution in [3.8, 4) is 0 Å². The van der Waals surface area contributed by atoms with E-state index >= 15 is 0 Å². The Kier molecular flexibility index (Phi) is 8.31. The SMILES string of the molecule is CC1CC(C)CN(CCNC(=O)CCc2ccc(S(=O)(=O)N3CCCCC3)cc2)C1. The quantitative estimate of drug-likeness (QED) is 0.682. The zero-order valence-corrected chi connectivity index (χ0v) is 19.3. The van der Waals surface area contributed by atoms with Crippen LogP contribution in [0.1, 0.15) is 51.5 Å². The number of rotatable bonds is 8. The molecular formula is C23H37N3O3S. The number of likely N-dealkylation sites (tertiary alicyclic amines) is 1. The lowest BCUT2D eigenvalue weighted by Crippen LogP contribution is -2.42. The molecule has 1 aromatic rings. The van der Waals surface area contributed by atoms with E-state index in [0.717, 1.165) is 56.3 Å². The summed E-state index contributed by atoms with van der Waals surface area (Å²) in [5.41, 5.74) is 0.987. The molecule has 0 saturated carbocycles. The van der Waals surface area contributed by atoms with Gasteiger partial charge in [-0.15, -0.1) is 0 Å². The maximum atomic E-state index is 12.7. The summed E-state index contributed by atoms with van der Waals surface area (Å²) in [6.07, 6.45) is 5.30. The van der Waals surface area contributed by atoms with Crippen LogP contribution in [0.5, 0.6) is 0 Å². The average molecular weight is 436 g/mol. The van der Waals surface area contributed by atoms with Crippen molar-refractivity contribution in [2.45, 2.75) is 57.3 Å². The van der Waals surface area contributed by atoms with Gasteiger partial charge in [0.25, 0.3) is 0 Å². The molecule has 1 aromatic carbocycles. The number of hydrogen-bond donors (Lipinski definition) is 1. The standard InChI is InChI=1S/C23H37N3O3S/c1-19-16-20(2)18-25(17-19)15-12-24-23(27)11-8-21-6-9-22(10-7-21)30(28,29)26-13-4-3-5-14-26/h6-7,9-10,19-20H,3-5,8,11-18H2,1-2H3,(H,24,27). The first kappa shape index (κ1) is 23.2. The third-order valence-electron chi connectivity index (χ3n) is 6.21. The molecule has 2 aliphatic rings. The molecule has 2 saturated heterocycles. The van der Waals surface area contributed by atoms with Crippen LogP contribution in [0.25, 0.3) is 0 Å². The molecule has 0 radical (unpaired) electrons. The predicted octanol–water partition coefficient (Wildman–Crippen LogP) is 2.89. The first-order chi connectivity index (χ1) is 14.3. The zero-order chi connectivity index (χ0) is 21.6. The van der Waals surface area contributed by atoms with Gasteiger partial charge in [0.05, 0.1) is 4.90 Å².